The maximum Gasteiger partial charge on any atom is 0.223 e. The zero-order valence-corrected chi connectivity index (χ0v) is 13.4. The molecule has 1 aliphatic rings. The van der Waals surface area contributed by atoms with Crippen molar-refractivity contribution in [2.45, 2.75) is 66.3 Å². The summed E-state index contributed by atoms with van der Waals surface area (Å²) in [6.07, 6.45) is 4.18. The predicted octanol–water partition coefficient (Wildman–Crippen LogP) is 3.03. The zero-order valence-electron chi connectivity index (χ0n) is 13.4. The molecular weight excluding hydrogens is 236 g/mol. The molecule has 112 valence electrons. The average molecular weight is 268 g/mol. The first-order valence-corrected chi connectivity index (χ1v) is 7.80. The van der Waals surface area contributed by atoms with Crippen LogP contribution in [0.2, 0.25) is 0 Å². The summed E-state index contributed by atoms with van der Waals surface area (Å²) >= 11 is 0. The van der Waals surface area contributed by atoms with Crippen LogP contribution in [0, 0.1) is 17.3 Å². The van der Waals surface area contributed by atoms with E-state index in [4.69, 9.17) is 5.73 Å². The second-order valence-corrected chi connectivity index (χ2v) is 7.14. The lowest BCUT2D eigenvalue weighted by molar-refractivity contribution is -0.135. The van der Waals surface area contributed by atoms with E-state index in [0.717, 1.165) is 13.0 Å². The summed E-state index contributed by atoms with van der Waals surface area (Å²) in [6, 6.07) is 0.384. The number of hydrogen-bond acceptors (Lipinski definition) is 2. The molecule has 0 spiro atoms. The Morgan fingerprint density at radius 1 is 1.37 bits per heavy atom. The van der Waals surface area contributed by atoms with E-state index in [9.17, 15) is 4.79 Å². The van der Waals surface area contributed by atoms with Crippen LogP contribution >= 0.6 is 0 Å². The molecule has 0 bridgehead atoms. The molecule has 19 heavy (non-hydrogen) atoms. The average Bonchev–Trinajstić information content (AvgIpc) is 2.76. The van der Waals surface area contributed by atoms with Gasteiger partial charge in [0.15, 0.2) is 0 Å². The van der Waals surface area contributed by atoms with E-state index in [-0.39, 0.29) is 5.41 Å². The molecule has 1 rings (SSSR count). The number of nitrogens with zero attached hydrogens (tertiary/aromatic N) is 1. The molecule has 0 aliphatic heterocycles. The number of nitrogens with two attached hydrogens (primary N) is 1. The number of carbonyl (C=O) groups excluding carboxylic acids is 1. The fraction of sp³-hybridized carbons (Fsp3) is 0.938. The van der Waals surface area contributed by atoms with Crippen LogP contribution in [0.3, 0.4) is 0 Å². The van der Waals surface area contributed by atoms with E-state index in [1.165, 1.54) is 12.8 Å². The Kier molecular flexibility index (Phi) is 5.84. The second-order valence-electron chi connectivity index (χ2n) is 7.14. The molecule has 1 fully saturated rings. The summed E-state index contributed by atoms with van der Waals surface area (Å²) in [6.45, 7) is 12.4. The van der Waals surface area contributed by atoms with Gasteiger partial charge in [-0.3, -0.25) is 4.79 Å². The van der Waals surface area contributed by atoms with Crippen LogP contribution in [0.15, 0.2) is 0 Å². The van der Waals surface area contributed by atoms with Crippen LogP contribution in [0.1, 0.15) is 60.3 Å². The summed E-state index contributed by atoms with van der Waals surface area (Å²) < 4.78 is 0. The molecule has 1 saturated carbocycles. The highest BCUT2D eigenvalue weighted by Crippen LogP contribution is 2.32. The van der Waals surface area contributed by atoms with Gasteiger partial charge in [0.2, 0.25) is 5.91 Å². The minimum atomic E-state index is 0.192. The molecule has 1 amide bonds. The van der Waals surface area contributed by atoms with Crippen molar-refractivity contribution in [2.24, 2.45) is 23.0 Å². The molecule has 0 aromatic heterocycles. The standard InChI is InChI=1S/C16H32N2O/c1-6-18(14-9-7-8-13(14)11-17)15(19)10-12(2)16(3,4)5/h12-14H,6-11,17H2,1-5H3. The molecule has 3 nitrogen and oxygen atoms in total. The molecule has 0 aromatic carbocycles. The summed E-state index contributed by atoms with van der Waals surface area (Å²) in [4.78, 5) is 14.7. The Morgan fingerprint density at radius 3 is 2.47 bits per heavy atom. The highest BCUT2D eigenvalue weighted by atomic mass is 16.2. The van der Waals surface area contributed by atoms with E-state index < -0.39 is 0 Å². The van der Waals surface area contributed by atoms with Crippen molar-refractivity contribution >= 4 is 5.91 Å². The van der Waals surface area contributed by atoms with Crippen molar-refractivity contribution in [3.05, 3.63) is 0 Å². The number of hydrogen-bond donors (Lipinski definition) is 1. The maximum atomic E-state index is 12.6. The van der Waals surface area contributed by atoms with Crippen molar-refractivity contribution in [3.8, 4) is 0 Å². The van der Waals surface area contributed by atoms with Crippen molar-refractivity contribution in [3.63, 3.8) is 0 Å². The van der Waals surface area contributed by atoms with Crippen LogP contribution in [-0.2, 0) is 4.79 Å². The third kappa shape index (κ3) is 4.20. The summed E-state index contributed by atoms with van der Waals surface area (Å²) in [5, 5.41) is 0. The smallest absolute Gasteiger partial charge is 0.223 e. The first kappa shape index (κ1) is 16.5. The largest absolute Gasteiger partial charge is 0.340 e. The van der Waals surface area contributed by atoms with Crippen molar-refractivity contribution < 1.29 is 4.79 Å². The molecule has 3 unspecified atom stereocenters. The minimum Gasteiger partial charge on any atom is -0.340 e. The Bertz CT molecular complexity index is 296. The monoisotopic (exact) mass is 268 g/mol. The number of carbonyl (C=O) groups is 1. The first-order chi connectivity index (χ1) is 8.81. The summed E-state index contributed by atoms with van der Waals surface area (Å²) in [7, 11) is 0. The molecule has 0 saturated heterocycles. The van der Waals surface area contributed by atoms with Crippen LogP contribution in [-0.4, -0.2) is 29.9 Å². The van der Waals surface area contributed by atoms with Gasteiger partial charge in [-0.25, -0.2) is 0 Å². The van der Waals surface area contributed by atoms with E-state index >= 15 is 0 Å². The van der Waals surface area contributed by atoms with Gasteiger partial charge < -0.3 is 10.6 Å². The maximum absolute atomic E-state index is 12.6. The van der Waals surface area contributed by atoms with Crippen molar-refractivity contribution in [1.82, 2.24) is 4.90 Å². The lowest BCUT2D eigenvalue weighted by Crippen LogP contribution is -2.45. The Balaban J connectivity index is 2.67. The number of amides is 1. The van der Waals surface area contributed by atoms with Gasteiger partial charge in [0.05, 0.1) is 0 Å². The van der Waals surface area contributed by atoms with E-state index in [0.29, 0.717) is 36.8 Å². The zero-order chi connectivity index (χ0) is 14.6. The Labute approximate surface area is 118 Å². The fourth-order valence-corrected chi connectivity index (χ4v) is 2.98. The van der Waals surface area contributed by atoms with Gasteiger partial charge in [-0.05, 0) is 43.6 Å². The van der Waals surface area contributed by atoms with Gasteiger partial charge in [-0.15, -0.1) is 0 Å². The Morgan fingerprint density at radius 2 is 2.00 bits per heavy atom. The first-order valence-electron chi connectivity index (χ1n) is 7.80. The molecule has 2 N–H and O–H groups in total. The van der Waals surface area contributed by atoms with E-state index in [1.54, 1.807) is 0 Å². The fourth-order valence-electron chi connectivity index (χ4n) is 2.98. The topological polar surface area (TPSA) is 46.3 Å². The summed E-state index contributed by atoms with van der Waals surface area (Å²) in [5.74, 6) is 1.23. The molecule has 0 heterocycles. The van der Waals surface area contributed by atoms with Crippen LogP contribution in [0.25, 0.3) is 0 Å². The molecule has 3 heteroatoms. The predicted molar refractivity (Wildman–Crippen MR) is 80.8 cm³/mol. The molecule has 3 atom stereocenters. The SMILES string of the molecule is CCN(C(=O)CC(C)C(C)(C)C)C1CCCC1CN. The second kappa shape index (κ2) is 6.74. The van der Waals surface area contributed by atoms with Gasteiger partial charge >= 0.3 is 0 Å². The van der Waals surface area contributed by atoms with Crippen LogP contribution in [0.5, 0.6) is 0 Å². The van der Waals surface area contributed by atoms with Gasteiger partial charge in [-0.1, -0.05) is 34.1 Å². The van der Waals surface area contributed by atoms with Crippen molar-refractivity contribution in [2.75, 3.05) is 13.1 Å². The van der Waals surface area contributed by atoms with Gasteiger partial charge in [0.25, 0.3) is 0 Å². The Hall–Kier alpha value is -0.570. The van der Waals surface area contributed by atoms with E-state index in [1.807, 2.05) is 0 Å². The van der Waals surface area contributed by atoms with Gasteiger partial charge in [-0.2, -0.15) is 0 Å². The van der Waals surface area contributed by atoms with Gasteiger partial charge in [0, 0.05) is 19.0 Å². The quantitative estimate of drug-likeness (QED) is 0.833. The lowest BCUT2D eigenvalue weighted by Gasteiger charge is -2.34. The lowest BCUT2D eigenvalue weighted by atomic mass is 9.80. The third-order valence-corrected chi connectivity index (χ3v) is 4.94. The van der Waals surface area contributed by atoms with Crippen LogP contribution < -0.4 is 5.73 Å². The molecule has 0 aromatic rings. The highest BCUT2D eigenvalue weighted by Gasteiger charge is 2.34. The normalized spacial score (nSPS) is 25.4. The van der Waals surface area contributed by atoms with E-state index in [2.05, 4.69) is 39.5 Å². The molecule has 0 radical (unpaired) electrons. The number of rotatable bonds is 5. The van der Waals surface area contributed by atoms with Crippen molar-refractivity contribution in [1.29, 1.82) is 0 Å². The molecular formula is C16H32N2O. The third-order valence-electron chi connectivity index (χ3n) is 4.94. The molecule has 1 aliphatic carbocycles. The van der Waals surface area contributed by atoms with Gasteiger partial charge in [0.1, 0.15) is 0 Å². The minimum absolute atomic E-state index is 0.192. The summed E-state index contributed by atoms with van der Waals surface area (Å²) in [5.41, 5.74) is 6.04. The highest BCUT2D eigenvalue weighted by molar-refractivity contribution is 5.77. The van der Waals surface area contributed by atoms with Crippen LogP contribution in [0.4, 0.5) is 0 Å².